The first kappa shape index (κ1) is 13.4. The second kappa shape index (κ2) is 5.44. The van der Waals surface area contributed by atoms with E-state index in [9.17, 15) is 4.79 Å². The number of hydrazine groups is 1. The summed E-state index contributed by atoms with van der Waals surface area (Å²) in [5, 5.41) is 3.16. The van der Waals surface area contributed by atoms with Gasteiger partial charge in [-0.05, 0) is 56.1 Å². The summed E-state index contributed by atoms with van der Waals surface area (Å²) in [6.07, 6.45) is 5.38. The van der Waals surface area contributed by atoms with Crippen molar-refractivity contribution in [1.29, 1.82) is 0 Å². The minimum atomic E-state index is -0.0335. The SMILES string of the molecule is CC(NC(=O)c1ccccc1NN)C1CC2CCC1C2. The van der Waals surface area contributed by atoms with Crippen molar-refractivity contribution in [1.82, 2.24) is 5.32 Å². The van der Waals surface area contributed by atoms with E-state index in [4.69, 9.17) is 5.84 Å². The first-order chi connectivity index (χ1) is 9.69. The Kier molecular flexibility index (Phi) is 3.66. The van der Waals surface area contributed by atoms with Crippen molar-refractivity contribution in [2.45, 2.75) is 38.6 Å². The van der Waals surface area contributed by atoms with E-state index in [1.54, 1.807) is 6.07 Å². The highest BCUT2D eigenvalue weighted by atomic mass is 16.1. The van der Waals surface area contributed by atoms with E-state index >= 15 is 0 Å². The average Bonchev–Trinajstić information content (AvgIpc) is 3.09. The number of carbonyl (C=O) groups is 1. The van der Waals surface area contributed by atoms with Gasteiger partial charge in [-0.15, -0.1) is 0 Å². The maximum absolute atomic E-state index is 12.4. The maximum atomic E-state index is 12.4. The number of carbonyl (C=O) groups excluding carboxylic acids is 1. The van der Waals surface area contributed by atoms with Crippen LogP contribution in [0.3, 0.4) is 0 Å². The van der Waals surface area contributed by atoms with Crippen molar-refractivity contribution in [2.24, 2.45) is 23.6 Å². The lowest BCUT2D eigenvalue weighted by atomic mass is 9.84. The van der Waals surface area contributed by atoms with Gasteiger partial charge in [-0.2, -0.15) is 0 Å². The normalized spacial score (nSPS) is 29.2. The number of nitrogen functional groups attached to an aromatic ring is 1. The van der Waals surface area contributed by atoms with E-state index in [1.165, 1.54) is 25.7 Å². The van der Waals surface area contributed by atoms with Crippen molar-refractivity contribution in [3.05, 3.63) is 29.8 Å². The standard InChI is InChI=1S/C16H23N3O/c1-10(14-9-11-6-7-12(14)8-11)18-16(20)13-4-2-3-5-15(13)19-17/h2-5,10-12,14,19H,6-9,17H2,1H3,(H,18,20). The fourth-order valence-electron chi connectivity index (χ4n) is 4.10. The molecular weight excluding hydrogens is 250 g/mol. The van der Waals surface area contributed by atoms with Crippen LogP contribution < -0.4 is 16.6 Å². The molecule has 1 amide bonds. The summed E-state index contributed by atoms with van der Waals surface area (Å²) in [6.45, 7) is 2.14. The first-order valence-electron chi connectivity index (χ1n) is 7.55. The number of para-hydroxylation sites is 1. The molecule has 1 aromatic carbocycles. The highest BCUT2D eigenvalue weighted by Gasteiger charge is 2.42. The Hall–Kier alpha value is -1.55. The van der Waals surface area contributed by atoms with Crippen LogP contribution in [0.15, 0.2) is 24.3 Å². The molecule has 1 aromatic rings. The van der Waals surface area contributed by atoms with E-state index in [2.05, 4.69) is 17.7 Å². The number of amides is 1. The first-order valence-corrected chi connectivity index (χ1v) is 7.55. The smallest absolute Gasteiger partial charge is 0.253 e. The zero-order chi connectivity index (χ0) is 14.1. The fourth-order valence-corrected chi connectivity index (χ4v) is 4.10. The van der Waals surface area contributed by atoms with Crippen LogP contribution in [0.4, 0.5) is 5.69 Å². The minimum Gasteiger partial charge on any atom is -0.349 e. The van der Waals surface area contributed by atoms with Crippen LogP contribution >= 0.6 is 0 Å². The largest absolute Gasteiger partial charge is 0.349 e. The third-order valence-electron chi connectivity index (χ3n) is 5.12. The highest BCUT2D eigenvalue weighted by Crippen LogP contribution is 2.49. The number of rotatable bonds is 4. The quantitative estimate of drug-likeness (QED) is 0.583. The second-order valence-electron chi connectivity index (χ2n) is 6.29. The van der Waals surface area contributed by atoms with Crippen LogP contribution in [0.25, 0.3) is 0 Å². The van der Waals surface area contributed by atoms with Crippen molar-refractivity contribution in [3.8, 4) is 0 Å². The molecule has 2 aliphatic rings. The molecule has 20 heavy (non-hydrogen) atoms. The molecule has 0 heterocycles. The number of benzene rings is 1. The van der Waals surface area contributed by atoms with Crippen molar-refractivity contribution in [3.63, 3.8) is 0 Å². The zero-order valence-electron chi connectivity index (χ0n) is 11.9. The molecule has 0 aromatic heterocycles. The van der Waals surface area contributed by atoms with Crippen LogP contribution in [0.1, 0.15) is 43.0 Å². The number of hydrogen-bond donors (Lipinski definition) is 3. The van der Waals surface area contributed by atoms with Gasteiger partial charge in [0.05, 0.1) is 11.3 Å². The molecule has 4 unspecified atom stereocenters. The number of anilines is 1. The molecule has 0 saturated heterocycles. The van der Waals surface area contributed by atoms with Gasteiger partial charge in [-0.3, -0.25) is 10.6 Å². The van der Waals surface area contributed by atoms with Gasteiger partial charge in [0.15, 0.2) is 0 Å². The Morgan fingerprint density at radius 3 is 2.75 bits per heavy atom. The minimum absolute atomic E-state index is 0.0335. The second-order valence-corrected chi connectivity index (χ2v) is 6.29. The summed E-state index contributed by atoms with van der Waals surface area (Å²) in [4.78, 5) is 12.4. The number of nitrogens with two attached hydrogens (primary N) is 1. The molecule has 0 radical (unpaired) electrons. The molecule has 2 bridgehead atoms. The van der Waals surface area contributed by atoms with Crippen molar-refractivity contribution < 1.29 is 4.79 Å². The van der Waals surface area contributed by atoms with Gasteiger partial charge < -0.3 is 10.7 Å². The topological polar surface area (TPSA) is 67.2 Å². The monoisotopic (exact) mass is 273 g/mol. The van der Waals surface area contributed by atoms with Gasteiger partial charge in [-0.1, -0.05) is 18.6 Å². The molecule has 4 nitrogen and oxygen atoms in total. The Balaban J connectivity index is 1.66. The summed E-state index contributed by atoms with van der Waals surface area (Å²) in [5.74, 6) is 7.80. The van der Waals surface area contributed by atoms with E-state index in [0.717, 1.165) is 11.8 Å². The summed E-state index contributed by atoms with van der Waals surface area (Å²) < 4.78 is 0. The third kappa shape index (κ3) is 2.40. The lowest BCUT2D eigenvalue weighted by Gasteiger charge is -2.28. The van der Waals surface area contributed by atoms with Crippen molar-refractivity contribution in [2.75, 3.05) is 5.43 Å². The molecule has 4 atom stereocenters. The van der Waals surface area contributed by atoms with Gasteiger partial charge in [-0.25, -0.2) is 0 Å². The van der Waals surface area contributed by atoms with Gasteiger partial charge >= 0.3 is 0 Å². The molecule has 0 aliphatic heterocycles. The summed E-state index contributed by atoms with van der Waals surface area (Å²) in [5.41, 5.74) is 3.87. The van der Waals surface area contributed by atoms with E-state index in [1.807, 2.05) is 18.2 Å². The number of fused-ring (bicyclic) bond motifs is 2. The fraction of sp³-hybridized carbons (Fsp3) is 0.562. The molecule has 2 aliphatic carbocycles. The molecular formula is C16H23N3O. The van der Waals surface area contributed by atoms with E-state index < -0.39 is 0 Å². The Morgan fingerprint density at radius 1 is 1.30 bits per heavy atom. The summed E-state index contributed by atoms with van der Waals surface area (Å²) in [6, 6.07) is 7.59. The van der Waals surface area contributed by atoms with E-state index in [0.29, 0.717) is 17.2 Å². The van der Waals surface area contributed by atoms with Crippen LogP contribution in [0.5, 0.6) is 0 Å². The molecule has 108 valence electrons. The van der Waals surface area contributed by atoms with Crippen LogP contribution in [-0.2, 0) is 0 Å². The van der Waals surface area contributed by atoms with Gasteiger partial charge in [0.1, 0.15) is 0 Å². The molecule has 2 fully saturated rings. The zero-order valence-corrected chi connectivity index (χ0v) is 11.9. The van der Waals surface area contributed by atoms with Gasteiger partial charge in [0.2, 0.25) is 0 Å². The summed E-state index contributed by atoms with van der Waals surface area (Å²) >= 11 is 0. The van der Waals surface area contributed by atoms with Crippen LogP contribution in [0.2, 0.25) is 0 Å². The molecule has 4 N–H and O–H groups in total. The van der Waals surface area contributed by atoms with Gasteiger partial charge in [0.25, 0.3) is 5.91 Å². The Labute approximate surface area is 120 Å². The number of nitrogens with one attached hydrogen (secondary N) is 2. The summed E-state index contributed by atoms with van der Waals surface area (Å²) in [7, 11) is 0. The van der Waals surface area contributed by atoms with Gasteiger partial charge in [0, 0.05) is 6.04 Å². The van der Waals surface area contributed by atoms with Crippen LogP contribution in [0, 0.1) is 17.8 Å². The predicted molar refractivity (Wildman–Crippen MR) is 80.1 cm³/mol. The Morgan fingerprint density at radius 2 is 2.10 bits per heavy atom. The van der Waals surface area contributed by atoms with E-state index in [-0.39, 0.29) is 11.9 Å². The van der Waals surface area contributed by atoms with Crippen LogP contribution in [-0.4, -0.2) is 11.9 Å². The highest BCUT2D eigenvalue weighted by molar-refractivity contribution is 5.99. The molecule has 4 heteroatoms. The van der Waals surface area contributed by atoms with Crippen molar-refractivity contribution >= 4 is 11.6 Å². The lowest BCUT2D eigenvalue weighted by molar-refractivity contribution is 0.0916. The lowest BCUT2D eigenvalue weighted by Crippen LogP contribution is -2.40. The maximum Gasteiger partial charge on any atom is 0.253 e. The Bertz CT molecular complexity index is 502. The third-order valence-corrected chi connectivity index (χ3v) is 5.12. The molecule has 2 saturated carbocycles. The average molecular weight is 273 g/mol. The number of hydrogen-bond acceptors (Lipinski definition) is 3. The molecule has 3 rings (SSSR count). The molecule has 0 spiro atoms. The predicted octanol–water partition coefficient (Wildman–Crippen LogP) is 2.53.